The molecule has 2 rings (SSSR count). The predicted octanol–water partition coefficient (Wildman–Crippen LogP) is 3.88. The van der Waals surface area contributed by atoms with Crippen LogP contribution in [0.25, 0.3) is 0 Å². The predicted molar refractivity (Wildman–Crippen MR) is 73.2 cm³/mol. The summed E-state index contributed by atoms with van der Waals surface area (Å²) in [6.07, 6.45) is 0.941. The van der Waals surface area contributed by atoms with E-state index in [2.05, 4.69) is 6.92 Å². The molecule has 0 unspecified atom stereocenters. The lowest BCUT2D eigenvalue weighted by Crippen LogP contribution is -2.00. The largest absolute Gasteiger partial charge is 0.482 e. The molecule has 0 spiro atoms. The van der Waals surface area contributed by atoms with Crippen LogP contribution in [0.5, 0.6) is 5.75 Å². The Morgan fingerprint density at radius 3 is 2.40 bits per heavy atom. The average Bonchev–Trinajstić information content (AvgIpc) is 2.45. The van der Waals surface area contributed by atoms with Crippen LogP contribution in [0, 0.1) is 15.9 Å². The number of nitro benzene ring substituents is 1. The Labute approximate surface area is 116 Å². The van der Waals surface area contributed by atoms with Gasteiger partial charge in [0, 0.05) is 12.1 Å². The summed E-state index contributed by atoms with van der Waals surface area (Å²) in [4.78, 5) is 10.2. The molecule has 5 heteroatoms. The summed E-state index contributed by atoms with van der Waals surface area (Å²) >= 11 is 0. The van der Waals surface area contributed by atoms with Crippen molar-refractivity contribution in [2.45, 2.75) is 20.0 Å². The van der Waals surface area contributed by atoms with Crippen molar-refractivity contribution in [3.63, 3.8) is 0 Å². The summed E-state index contributed by atoms with van der Waals surface area (Å²) in [5.74, 6) is -0.624. The molecule has 0 aromatic heterocycles. The highest BCUT2D eigenvalue weighted by Crippen LogP contribution is 2.28. The second-order valence-electron chi connectivity index (χ2n) is 4.33. The van der Waals surface area contributed by atoms with Crippen molar-refractivity contribution in [1.29, 1.82) is 0 Å². The highest BCUT2D eigenvalue weighted by atomic mass is 19.1. The highest BCUT2D eigenvalue weighted by Gasteiger charge is 2.15. The number of ether oxygens (including phenoxy) is 1. The fraction of sp³-hybridized carbons (Fsp3) is 0.200. The van der Waals surface area contributed by atoms with Crippen LogP contribution < -0.4 is 4.74 Å². The molecule has 0 bridgehead atoms. The van der Waals surface area contributed by atoms with Gasteiger partial charge in [-0.2, -0.15) is 0 Å². The maximum absolute atomic E-state index is 13.1. The first-order chi connectivity index (χ1) is 9.60. The molecule has 0 aliphatic carbocycles. The number of aryl methyl sites for hydroxylation is 1. The summed E-state index contributed by atoms with van der Waals surface area (Å²) in [5.41, 5.74) is 1.84. The van der Waals surface area contributed by atoms with E-state index < -0.39 is 10.7 Å². The minimum Gasteiger partial charge on any atom is -0.482 e. The third-order valence-electron chi connectivity index (χ3n) is 2.94. The summed E-state index contributed by atoms with van der Waals surface area (Å²) in [5, 5.41) is 10.8. The lowest BCUT2D eigenvalue weighted by Gasteiger charge is -2.07. The molecule has 0 atom stereocenters. The van der Waals surface area contributed by atoms with Gasteiger partial charge in [-0.15, -0.1) is 0 Å². The quantitative estimate of drug-likeness (QED) is 0.614. The Morgan fingerprint density at radius 1 is 1.15 bits per heavy atom. The zero-order valence-electron chi connectivity index (χ0n) is 11.0. The summed E-state index contributed by atoms with van der Waals surface area (Å²) < 4.78 is 18.5. The third-order valence-corrected chi connectivity index (χ3v) is 2.94. The molecule has 0 heterocycles. The summed E-state index contributed by atoms with van der Waals surface area (Å²) in [7, 11) is 0. The number of halogens is 1. The fourth-order valence-corrected chi connectivity index (χ4v) is 1.79. The van der Waals surface area contributed by atoms with Crippen molar-refractivity contribution in [3.05, 3.63) is 69.5 Å². The molecule has 4 nitrogen and oxygen atoms in total. The Kier molecular flexibility index (Phi) is 4.30. The maximum Gasteiger partial charge on any atom is 0.311 e. The molecule has 20 heavy (non-hydrogen) atoms. The zero-order chi connectivity index (χ0) is 14.5. The number of nitrogens with zero attached hydrogens (tertiary/aromatic N) is 1. The number of hydrogen-bond acceptors (Lipinski definition) is 3. The van der Waals surface area contributed by atoms with Crippen LogP contribution in [-0.4, -0.2) is 4.92 Å². The van der Waals surface area contributed by atoms with Gasteiger partial charge in [-0.05, 0) is 23.6 Å². The van der Waals surface area contributed by atoms with E-state index in [-0.39, 0.29) is 18.0 Å². The van der Waals surface area contributed by atoms with Crippen LogP contribution in [-0.2, 0) is 13.0 Å². The molecule has 104 valence electrons. The highest BCUT2D eigenvalue weighted by molar-refractivity contribution is 5.46. The molecule has 0 aliphatic rings. The molecule has 0 N–H and O–H groups in total. The van der Waals surface area contributed by atoms with Crippen molar-refractivity contribution in [1.82, 2.24) is 0 Å². The Morgan fingerprint density at radius 2 is 1.80 bits per heavy atom. The van der Waals surface area contributed by atoms with Gasteiger partial charge in [-0.3, -0.25) is 10.1 Å². The van der Waals surface area contributed by atoms with Gasteiger partial charge in [0.15, 0.2) is 5.75 Å². The minimum absolute atomic E-state index is 0.0606. The topological polar surface area (TPSA) is 52.4 Å². The van der Waals surface area contributed by atoms with Crippen LogP contribution in [0.4, 0.5) is 10.1 Å². The molecule has 2 aromatic rings. The van der Waals surface area contributed by atoms with Crippen molar-refractivity contribution in [2.24, 2.45) is 0 Å². The van der Waals surface area contributed by atoms with Crippen LogP contribution in [0.15, 0.2) is 42.5 Å². The smallest absolute Gasteiger partial charge is 0.311 e. The standard InChI is InChI=1S/C15H14FNO3/c1-2-11-3-5-12(6-4-11)10-20-15-9-13(16)7-8-14(15)17(18)19/h3-9H,2,10H2,1H3. The van der Waals surface area contributed by atoms with E-state index in [1.165, 1.54) is 5.56 Å². The van der Waals surface area contributed by atoms with Crippen molar-refractivity contribution >= 4 is 5.69 Å². The van der Waals surface area contributed by atoms with Gasteiger partial charge in [0.2, 0.25) is 0 Å². The minimum atomic E-state index is -0.588. The average molecular weight is 275 g/mol. The van der Waals surface area contributed by atoms with E-state index in [4.69, 9.17) is 4.74 Å². The monoisotopic (exact) mass is 275 g/mol. The second kappa shape index (κ2) is 6.14. The molecule has 2 aromatic carbocycles. The molecular weight excluding hydrogens is 261 g/mol. The first-order valence-electron chi connectivity index (χ1n) is 6.24. The zero-order valence-corrected chi connectivity index (χ0v) is 11.0. The van der Waals surface area contributed by atoms with E-state index in [1.54, 1.807) is 0 Å². The van der Waals surface area contributed by atoms with Crippen LogP contribution in [0.1, 0.15) is 18.1 Å². The van der Waals surface area contributed by atoms with Gasteiger partial charge in [-0.1, -0.05) is 31.2 Å². The first kappa shape index (κ1) is 14.0. The molecule has 0 saturated carbocycles. The van der Waals surface area contributed by atoms with E-state index in [0.717, 1.165) is 30.2 Å². The molecule has 0 radical (unpaired) electrons. The molecule has 0 saturated heterocycles. The van der Waals surface area contributed by atoms with Gasteiger partial charge in [0.25, 0.3) is 0 Å². The first-order valence-corrected chi connectivity index (χ1v) is 6.24. The lowest BCUT2D eigenvalue weighted by atomic mass is 10.1. The van der Waals surface area contributed by atoms with E-state index in [0.29, 0.717) is 0 Å². The fourth-order valence-electron chi connectivity index (χ4n) is 1.79. The molecule has 0 amide bonds. The summed E-state index contributed by atoms with van der Waals surface area (Å²) in [6.45, 7) is 2.22. The third kappa shape index (κ3) is 3.32. The Hall–Kier alpha value is -2.43. The molecular formula is C15H14FNO3. The van der Waals surface area contributed by atoms with E-state index in [1.807, 2.05) is 24.3 Å². The van der Waals surface area contributed by atoms with Gasteiger partial charge >= 0.3 is 5.69 Å². The summed E-state index contributed by atoms with van der Waals surface area (Å²) in [6, 6.07) is 10.9. The maximum atomic E-state index is 13.1. The van der Waals surface area contributed by atoms with Gasteiger partial charge in [-0.25, -0.2) is 4.39 Å². The Bertz CT molecular complexity index is 611. The SMILES string of the molecule is CCc1ccc(COc2cc(F)ccc2[N+](=O)[O-])cc1. The van der Waals surface area contributed by atoms with Crippen molar-refractivity contribution in [3.8, 4) is 5.75 Å². The van der Waals surface area contributed by atoms with Crippen molar-refractivity contribution < 1.29 is 14.1 Å². The Balaban J connectivity index is 2.13. The molecule has 0 fully saturated rings. The van der Waals surface area contributed by atoms with Crippen LogP contribution in [0.2, 0.25) is 0 Å². The van der Waals surface area contributed by atoms with Gasteiger partial charge in [0.05, 0.1) is 4.92 Å². The number of hydrogen-bond donors (Lipinski definition) is 0. The van der Waals surface area contributed by atoms with Gasteiger partial charge in [0.1, 0.15) is 12.4 Å². The van der Waals surface area contributed by atoms with Crippen LogP contribution in [0.3, 0.4) is 0 Å². The number of nitro groups is 1. The molecule has 0 aliphatic heterocycles. The lowest BCUT2D eigenvalue weighted by molar-refractivity contribution is -0.386. The normalized spacial score (nSPS) is 10.3. The van der Waals surface area contributed by atoms with E-state index >= 15 is 0 Å². The van der Waals surface area contributed by atoms with Crippen LogP contribution >= 0.6 is 0 Å². The number of rotatable bonds is 5. The number of benzene rings is 2. The van der Waals surface area contributed by atoms with Gasteiger partial charge < -0.3 is 4.74 Å². The van der Waals surface area contributed by atoms with E-state index in [9.17, 15) is 14.5 Å². The van der Waals surface area contributed by atoms with Crippen molar-refractivity contribution in [2.75, 3.05) is 0 Å². The second-order valence-corrected chi connectivity index (χ2v) is 4.33.